The van der Waals surface area contributed by atoms with E-state index in [2.05, 4.69) is 5.32 Å². The summed E-state index contributed by atoms with van der Waals surface area (Å²) >= 11 is 0. The zero-order valence-electron chi connectivity index (χ0n) is 11.9. The van der Waals surface area contributed by atoms with Gasteiger partial charge in [-0.3, -0.25) is 0 Å². The van der Waals surface area contributed by atoms with Crippen LogP contribution in [-0.4, -0.2) is 19.8 Å². The number of alkyl halides is 3. The molecule has 0 amide bonds. The Morgan fingerprint density at radius 1 is 1.21 bits per heavy atom. The quantitative estimate of drug-likeness (QED) is 0.904. The van der Waals surface area contributed by atoms with E-state index >= 15 is 0 Å². The summed E-state index contributed by atoms with van der Waals surface area (Å²) in [5.41, 5.74) is 0.264. The van der Waals surface area contributed by atoms with E-state index in [4.69, 9.17) is 4.74 Å². The molecule has 1 N–H and O–H groups in total. The Morgan fingerprint density at radius 2 is 1.79 bits per heavy atom. The molecule has 108 valence electrons. The number of hydrogen-bond acceptors (Lipinski definition) is 2. The van der Waals surface area contributed by atoms with Gasteiger partial charge in [0.1, 0.15) is 0 Å². The van der Waals surface area contributed by atoms with Crippen molar-refractivity contribution < 1.29 is 17.9 Å². The van der Waals surface area contributed by atoms with E-state index in [0.29, 0.717) is 5.56 Å². The smallest absolute Gasteiger partial charge is 0.377 e. The van der Waals surface area contributed by atoms with Gasteiger partial charge in [0.15, 0.2) is 0 Å². The first-order valence-electron chi connectivity index (χ1n) is 6.03. The van der Waals surface area contributed by atoms with Gasteiger partial charge in [-0.1, -0.05) is 6.07 Å². The van der Waals surface area contributed by atoms with Crippen molar-refractivity contribution in [3.63, 3.8) is 0 Å². The second kappa shape index (κ2) is 5.51. The van der Waals surface area contributed by atoms with Crippen molar-refractivity contribution in [2.75, 3.05) is 14.2 Å². The molecule has 0 saturated carbocycles. The molecule has 0 radical (unpaired) electrons. The number of aryl methyl sites for hydroxylation is 1. The molecule has 0 fully saturated rings. The van der Waals surface area contributed by atoms with Crippen molar-refractivity contribution in [2.45, 2.75) is 38.6 Å². The summed E-state index contributed by atoms with van der Waals surface area (Å²) in [7, 11) is 3.35. The highest BCUT2D eigenvalue weighted by Crippen LogP contribution is 2.34. The largest absolute Gasteiger partial charge is 0.416 e. The summed E-state index contributed by atoms with van der Waals surface area (Å²) in [6, 6.07) is 3.61. The third kappa shape index (κ3) is 3.48. The highest BCUT2D eigenvalue weighted by Gasteiger charge is 2.34. The zero-order chi connectivity index (χ0) is 14.8. The third-order valence-electron chi connectivity index (χ3n) is 3.42. The van der Waals surface area contributed by atoms with E-state index in [1.165, 1.54) is 12.1 Å². The first kappa shape index (κ1) is 16.0. The minimum Gasteiger partial charge on any atom is -0.377 e. The molecule has 19 heavy (non-hydrogen) atoms. The Kier molecular flexibility index (Phi) is 4.63. The van der Waals surface area contributed by atoms with Crippen LogP contribution >= 0.6 is 0 Å². The van der Waals surface area contributed by atoms with E-state index in [1.54, 1.807) is 21.1 Å². The maximum Gasteiger partial charge on any atom is 0.416 e. The molecule has 1 rings (SSSR count). The second-order valence-electron chi connectivity index (χ2n) is 5.10. The molecule has 0 aliphatic heterocycles. The molecular formula is C14H20F3NO. The minimum absolute atomic E-state index is 0.181. The lowest BCUT2D eigenvalue weighted by atomic mass is 9.88. The van der Waals surface area contributed by atoms with Crippen molar-refractivity contribution in [1.29, 1.82) is 0 Å². The van der Waals surface area contributed by atoms with Gasteiger partial charge in [-0.2, -0.15) is 13.2 Å². The molecular weight excluding hydrogens is 255 g/mol. The van der Waals surface area contributed by atoms with Crippen LogP contribution in [0, 0.1) is 6.92 Å². The number of hydrogen-bond donors (Lipinski definition) is 1. The van der Waals surface area contributed by atoms with Gasteiger partial charge < -0.3 is 10.1 Å². The van der Waals surface area contributed by atoms with Crippen LogP contribution < -0.4 is 5.32 Å². The van der Waals surface area contributed by atoms with Gasteiger partial charge in [0.25, 0.3) is 0 Å². The van der Waals surface area contributed by atoms with E-state index in [-0.39, 0.29) is 6.04 Å². The van der Waals surface area contributed by atoms with Crippen LogP contribution in [0.1, 0.15) is 36.6 Å². The van der Waals surface area contributed by atoms with Gasteiger partial charge >= 0.3 is 6.18 Å². The standard InChI is InChI=1S/C14H20F3NO/c1-9-8-10(14(15,16)17)6-7-11(9)12(18-4)13(2,3)19-5/h6-8,12,18H,1-5H3. The van der Waals surface area contributed by atoms with Crippen LogP contribution in [0.15, 0.2) is 18.2 Å². The molecule has 2 nitrogen and oxygen atoms in total. The van der Waals surface area contributed by atoms with Crippen molar-refractivity contribution in [3.8, 4) is 0 Å². The van der Waals surface area contributed by atoms with Gasteiger partial charge in [-0.15, -0.1) is 0 Å². The number of benzene rings is 1. The Bertz CT molecular complexity index is 441. The van der Waals surface area contributed by atoms with Crippen molar-refractivity contribution in [3.05, 3.63) is 34.9 Å². The first-order chi connectivity index (χ1) is 8.63. The molecule has 0 aliphatic rings. The maximum atomic E-state index is 12.6. The van der Waals surface area contributed by atoms with E-state index < -0.39 is 17.3 Å². The first-order valence-corrected chi connectivity index (χ1v) is 6.03. The minimum atomic E-state index is -4.31. The molecule has 0 aliphatic carbocycles. The Balaban J connectivity index is 3.21. The third-order valence-corrected chi connectivity index (χ3v) is 3.42. The predicted octanol–water partition coefficient (Wildman–Crippen LogP) is 3.70. The molecule has 1 unspecified atom stereocenters. The summed E-state index contributed by atoms with van der Waals surface area (Å²) in [5, 5.41) is 3.10. The van der Waals surface area contributed by atoms with Crippen molar-refractivity contribution in [2.24, 2.45) is 0 Å². The van der Waals surface area contributed by atoms with Crippen LogP contribution in [0.5, 0.6) is 0 Å². The monoisotopic (exact) mass is 275 g/mol. The molecule has 0 spiro atoms. The van der Waals surface area contributed by atoms with Crippen LogP contribution in [0.4, 0.5) is 13.2 Å². The van der Waals surface area contributed by atoms with Gasteiger partial charge in [-0.05, 0) is 51.1 Å². The molecule has 0 saturated heterocycles. The van der Waals surface area contributed by atoms with Gasteiger partial charge in [0, 0.05) is 7.11 Å². The van der Waals surface area contributed by atoms with Crippen LogP contribution in [0.3, 0.4) is 0 Å². The van der Waals surface area contributed by atoms with Gasteiger partial charge in [-0.25, -0.2) is 0 Å². The molecule has 0 heterocycles. The lowest BCUT2D eigenvalue weighted by Crippen LogP contribution is -2.39. The molecule has 0 bridgehead atoms. The van der Waals surface area contributed by atoms with Crippen LogP contribution in [0.25, 0.3) is 0 Å². The fraction of sp³-hybridized carbons (Fsp3) is 0.571. The Morgan fingerprint density at radius 3 is 2.16 bits per heavy atom. The summed E-state index contributed by atoms with van der Waals surface area (Å²) in [6.45, 7) is 5.47. The van der Waals surface area contributed by atoms with Gasteiger partial charge in [0.05, 0.1) is 17.2 Å². The highest BCUT2D eigenvalue weighted by atomic mass is 19.4. The summed E-state index contributed by atoms with van der Waals surface area (Å²) in [5.74, 6) is 0. The summed E-state index contributed by atoms with van der Waals surface area (Å²) in [6.07, 6.45) is -4.31. The molecule has 1 aromatic rings. The SMILES string of the molecule is CNC(c1ccc(C(F)(F)F)cc1C)C(C)(C)OC. The van der Waals surface area contributed by atoms with Crippen LogP contribution in [-0.2, 0) is 10.9 Å². The molecule has 0 aromatic heterocycles. The van der Waals surface area contributed by atoms with Gasteiger partial charge in [0.2, 0.25) is 0 Å². The number of likely N-dealkylation sites (N-methyl/N-ethyl adjacent to an activating group) is 1. The van der Waals surface area contributed by atoms with Crippen molar-refractivity contribution >= 4 is 0 Å². The average Bonchev–Trinajstić information content (AvgIpc) is 2.30. The molecule has 1 atom stereocenters. The lowest BCUT2D eigenvalue weighted by molar-refractivity contribution is -0.137. The summed E-state index contributed by atoms with van der Waals surface area (Å²) in [4.78, 5) is 0. The number of methoxy groups -OCH3 is 1. The predicted molar refractivity (Wildman–Crippen MR) is 69.1 cm³/mol. The van der Waals surface area contributed by atoms with Crippen LogP contribution in [0.2, 0.25) is 0 Å². The average molecular weight is 275 g/mol. The second-order valence-corrected chi connectivity index (χ2v) is 5.10. The topological polar surface area (TPSA) is 21.3 Å². The molecule has 5 heteroatoms. The van der Waals surface area contributed by atoms with E-state index in [9.17, 15) is 13.2 Å². The zero-order valence-corrected chi connectivity index (χ0v) is 11.9. The van der Waals surface area contributed by atoms with E-state index in [1.807, 2.05) is 13.8 Å². The number of nitrogens with one attached hydrogen (secondary N) is 1. The Hall–Kier alpha value is -1.07. The normalized spacial score (nSPS) is 14.5. The van der Waals surface area contributed by atoms with Crippen molar-refractivity contribution in [1.82, 2.24) is 5.32 Å². The maximum absolute atomic E-state index is 12.6. The highest BCUT2D eigenvalue weighted by molar-refractivity contribution is 5.35. The summed E-state index contributed by atoms with van der Waals surface area (Å²) < 4.78 is 43.3. The van der Waals surface area contributed by atoms with E-state index in [0.717, 1.165) is 11.6 Å². The molecule has 1 aromatic carbocycles. The lowest BCUT2D eigenvalue weighted by Gasteiger charge is -2.34. The fourth-order valence-electron chi connectivity index (χ4n) is 2.17. The fourth-order valence-corrected chi connectivity index (χ4v) is 2.17. The number of rotatable bonds is 4. The Labute approximate surface area is 112 Å². The number of ether oxygens (including phenoxy) is 1. The number of halogens is 3.